The number of piperazine rings is 1. The average Bonchev–Trinajstić information content (AvgIpc) is 2.68. The molecular weight excluding hydrogens is 278 g/mol. The lowest BCUT2D eigenvalue weighted by Gasteiger charge is -2.27. The normalized spacial score (nSPS) is 29.4. The molecule has 0 saturated carbocycles. The van der Waals surface area contributed by atoms with Gasteiger partial charge in [0.2, 0.25) is 0 Å². The van der Waals surface area contributed by atoms with E-state index in [-0.39, 0.29) is 24.0 Å². The maximum absolute atomic E-state index is 11.9. The smallest absolute Gasteiger partial charge is 0.279 e. The Morgan fingerprint density at radius 1 is 1.28 bits per heavy atom. The van der Waals surface area contributed by atoms with Crippen LogP contribution in [0, 0.1) is 5.92 Å². The van der Waals surface area contributed by atoms with Gasteiger partial charge in [-0.05, 0) is 12.3 Å². The van der Waals surface area contributed by atoms with Gasteiger partial charge in [0.25, 0.3) is 10.2 Å². The van der Waals surface area contributed by atoms with Gasteiger partial charge in [-0.25, -0.2) is 13.1 Å². The Labute approximate surface area is 108 Å². The van der Waals surface area contributed by atoms with Gasteiger partial charge in [-0.2, -0.15) is 12.7 Å². The molecule has 0 aromatic heterocycles. The Bertz CT molecular complexity index is 482. The summed E-state index contributed by atoms with van der Waals surface area (Å²) >= 11 is 0. The van der Waals surface area contributed by atoms with Gasteiger partial charge in [-0.1, -0.05) is 0 Å². The van der Waals surface area contributed by atoms with Crippen LogP contribution in [0.2, 0.25) is 0 Å². The van der Waals surface area contributed by atoms with E-state index in [4.69, 9.17) is 0 Å². The van der Waals surface area contributed by atoms with E-state index in [1.807, 2.05) is 0 Å². The van der Waals surface area contributed by atoms with Crippen molar-refractivity contribution in [2.24, 2.45) is 5.92 Å². The summed E-state index contributed by atoms with van der Waals surface area (Å²) in [7, 11) is -6.41. The van der Waals surface area contributed by atoms with Crippen LogP contribution in [0.1, 0.15) is 6.42 Å². The zero-order valence-electron chi connectivity index (χ0n) is 10.1. The molecule has 0 aromatic carbocycles. The number of nitrogens with zero attached hydrogens (tertiary/aromatic N) is 1. The second kappa shape index (κ2) is 5.41. The molecule has 0 amide bonds. The maximum atomic E-state index is 11.9. The minimum atomic E-state index is -3.46. The Hall–Kier alpha value is -0.220. The van der Waals surface area contributed by atoms with Crippen molar-refractivity contribution in [3.8, 4) is 0 Å². The van der Waals surface area contributed by atoms with E-state index in [2.05, 4.69) is 10.0 Å². The van der Waals surface area contributed by atoms with Gasteiger partial charge in [-0.15, -0.1) is 0 Å². The van der Waals surface area contributed by atoms with Crippen LogP contribution in [-0.2, 0) is 20.0 Å². The Morgan fingerprint density at radius 2 is 1.94 bits per heavy atom. The third-order valence-corrected chi connectivity index (χ3v) is 6.71. The molecule has 106 valence electrons. The molecule has 18 heavy (non-hydrogen) atoms. The summed E-state index contributed by atoms with van der Waals surface area (Å²) in [6.45, 7) is 2.43. The van der Waals surface area contributed by atoms with Crippen molar-refractivity contribution in [1.29, 1.82) is 0 Å². The Kier molecular flexibility index (Phi) is 4.27. The van der Waals surface area contributed by atoms with Crippen LogP contribution in [0.3, 0.4) is 0 Å². The summed E-state index contributed by atoms with van der Waals surface area (Å²) < 4.78 is 50.3. The molecule has 2 N–H and O–H groups in total. The van der Waals surface area contributed by atoms with Crippen LogP contribution in [0.25, 0.3) is 0 Å². The van der Waals surface area contributed by atoms with Gasteiger partial charge in [0.1, 0.15) is 0 Å². The molecule has 0 aliphatic carbocycles. The van der Waals surface area contributed by atoms with E-state index >= 15 is 0 Å². The Balaban J connectivity index is 1.85. The topological polar surface area (TPSA) is 95.6 Å². The lowest BCUT2D eigenvalue weighted by molar-refractivity contribution is 0.353. The van der Waals surface area contributed by atoms with Crippen molar-refractivity contribution in [3.05, 3.63) is 0 Å². The van der Waals surface area contributed by atoms with Gasteiger partial charge in [0.15, 0.2) is 9.84 Å². The van der Waals surface area contributed by atoms with Crippen LogP contribution < -0.4 is 10.0 Å². The highest BCUT2D eigenvalue weighted by molar-refractivity contribution is 7.91. The van der Waals surface area contributed by atoms with E-state index in [1.54, 1.807) is 0 Å². The molecule has 2 aliphatic rings. The standard InChI is InChI=1S/C9H19N3O4S2/c13-17(14)6-1-9(8-17)7-11-18(15,16)12-4-2-10-3-5-12/h9-11H,1-8H2. The molecule has 2 saturated heterocycles. The van der Waals surface area contributed by atoms with Crippen molar-refractivity contribution in [2.45, 2.75) is 6.42 Å². The first-order valence-electron chi connectivity index (χ1n) is 6.05. The first kappa shape index (κ1) is 14.2. The first-order valence-corrected chi connectivity index (χ1v) is 9.31. The zero-order valence-corrected chi connectivity index (χ0v) is 11.8. The maximum Gasteiger partial charge on any atom is 0.279 e. The van der Waals surface area contributed by atoms with Gasteiger partial charge >= 0.3 is 0 Å². The summed E-state index contributed by atoms with van der Waals surface area (Å²) in [6, 6.07) is 0. The number of rotatable bonds is 4. The summed E-state index contributed by atoms with van der Waals surface area (Å²) in [6.07, 6.45) is 0.548. The SMILES string of the molecule is O=S1(=O)CCC(CNS(=O)(=O)N2CCNCC2)C1. The van der Waals surface area contributed by atoms with E-state index in [1.165, 1.54) is 4.31 Å². The second-order valence-electron chi connectivity index (χ2n) is 4.77. The van der Waals surface area contributed by atoms with Crippen LogP contribution in [-0.4, -0.2) is 65.4 Å². The van der Waals surface area contributed by atoms with Crippen LogP contribution in [0.15, 0.2) is 0 Å². The fourth-order valence-electron chi connectivity index (χ4n) is 2.23. The monoisotopic (exact) mass is 297 g/mol. The molecule has 2 rings (SSSR count). The number of hydrogen-bond donors (Lipinski definition) is 2. The number of sulfone groups is 1. The fourth-order valence-corrected chi connectivity index (χ4v) is 5.39. The van der Waals surface area contributed by atoms with Gasteiger partial charge < -0.3 is 5.32 Å². The van der Waals surface area contributed by atoms with Gasteiger partial charge in [0, 0.05) is 32.7 Å². The lowest BCUT2D eigenvalue weighted by Crippen LogP contribution is -2.51. The summed E-state index contributed by atoms with van der Waals surface area (Å²) in [5.74, 6) is 0.178. The summed E-state index contributed by atoms with van der Waals surface area (Å²) in [5, 5.41) is 3.08. The highest BCUT2D eigenvalue weighted by Gasteiger charge is 2.30. The molecule has 2 heterocycles. The zero-order chi connectivity index (χ0) is 13.2. The van der Waals surface area contributed by atoms with E-state index < -0.39 is 20.0 Å². The van der Waals surface area contributed by atoms with E-state index in [0.29, 0.717) is 32.6 Å². The predicted molar refractivity (Wildman–Crippen MR) is 68.1 cm³/mol. The average molecular weight is 297 g/mol. The van der Waals surface area contributed by atoms with E-state index in [0.717, 1.165) is 0 Å². The molecule has 2 aliphatic heterocycles. The largest absolute Gasteiger partial charge is 0.314 e. The third-order valence-electron chi connectivity index (χ3n) is 3.30. The van der Waals surface area contributed by atoms with Crippen molar-refractivity contribution in [3.63, 3.8) is 0 Å². The number of nitrogens with one attached hydrogen (secondary N) is 2. The highest BCUT2D eigenvalue weighted by Crippen LogP contribution is 2.17. The van der Waals surface area contributed by atoms with Crippen LogP contribution in [0.4, 0.5) is 0 Å². The first-order chi connectivity index (χ1) is 8.39. The molecule has 1 unspecified atom stereocenters. The Morgan fingerprint density at radius 3 is 2.50 bits per heavy atom. The van der Waals surface area contributed by atoms with E-state index in [9.17, 15) is 16.8 Å². The van der Waals surface area contributed by atoms with Crippen molar-refractivity contribution in [2.75, 3.05) is 44.2 Å². The molecule has 9 heteroatoms. The van der Waals surface area contributed by atoms with Crippen LogP contribution in [0.5, 0.6) is 0 Å². The highest BCUT2D eigenvalue weighted by atomic mass is 32.2. The summed E-state index contributed by atoms with van der Waals surface area (Å²) in [4.78, 5) is 0. The molecule has 0 spiro atoms. The second-order valence-corrected chi connectivity index (χ2v) is 8.76. The molecule has 7 nitrogen and oxygen atoms in total. The quantitative estimate of drug-likeness (QED) is 0.636. The number of hydrogen-bond acceptors (Lipinski definition) is 5. The molecule has 0 radical (unpaired) electrons. The minimum Gasteiger partial charge on any atom is -0.314 e. The third kappa shape index (κ3) is 3.64. The fraction of sp³-hybridized carbons (Fsp3) is 1.00. The molecular formula is C9H19N3O4S2. The molecule has 0 bridgehead atoms. The molecule has 2 fully saturated rings. The van der Waals surface area contributed by atoms with Gasteiger partial charge in [-0.3, -0.25) is 0 Å². The van der Waals surface area contributed by atoms with Gasteiger partial charge in [0.05, 0.1) is 11.5 Å². The minimum absolute atomic E-state index is 0.0901. The van der Waals surface area contributed by atoms with Crippen molar-refractivity contribution >= 4 is 20.0 Å². The summed E-state index contributed by atoms with van der Waals surface area (Å²) in [5.41, 5.74) is 0. The molecule has 1 atom stereocenters. The predicted octanol–water partition coefficient (Wildman–Crippen LogP) is -1.84. The lowest BCUT2D eigenvalue weighted by atomic mass is 10.1. The van der Waals surface area contributed by atoms with Crippen molar-refractivity contribution in [1.82, 2.24) is 14.3 Å². The van der Waals surface area contributed by atoms with Crippen LogP contribution >= 0.6 is 0 Å². The molecule has 0 aromatic rings. The van der Waals surface area contributed by atoms with Crippen molar-refractivity contribution < 1.29 is 16.8 Å².